The summed E-state index contributed by atoms with van der Waals surface area (Å²) in [6, 6.07) is 7.64. The summed E-state index contributed by atoms with van der Waals surface area (Å²) in [5.74, 6) is 0.833. The van der Waals surface area contributed by atoms with E-state index in [1.807, 2.05) is 0 Å². The van der Waals surface area contributed by atoms with Gasteiger partial charge in [-0.15, -0.1) is 0 Å². The molecule has 1 atom stereocenters. The summed E-state index contributed by atoms with van der Waals surface area (Å²) in [4.78, 5) is 2.39. The van der Waals surface area contributed by atoms with Crippen LogP contribution in [0.5, 0.6) is 5.75 Å². The highest BCUT2D eigenvalue weighted by molar-refractivity contribution is 5.97. The summed E-state index contributed by atoms with van der Waals surface area (Å²) < 4.78 is 11.5. The van der Waals surface area contributed by atoms with Crippen molar-refractivity contribution >= 4 is 5.84 Å². The molecule has 0 radical (unpaired) electrons. The summed E-state index contributed by atoms with van der Waals surface area (Å²) in [5, 5.41) is 11.6. The molecule has 1 aliphatic heterocycles. The first kappa shape index (κ1) is 15.6. The second-order valence-electron chi connectivity index (χ2n) is 5.40. The zero-order chi connectivity index (χ0) is 15.2. The van der Waals surface area contributed by atoms with Crippen molar-refractivity contribution in [3.8, 4) is 5.75 Å². The summed E-state index contributed by atoms with van der Waals surface area (Å²) >= 11 is 0. The number of ether oxygens (including phenoxy) is 2. The van der Waals surface area contributed by atoms with E-state index < -0.39 is 0 Å². The fourth-order valence-electron chi connectivity index (χ4n) is 2.28. The lowest BCUT2D eigenvalue weighted by atomic mass is 10.2. The minimum atomic E-state index is 0.0877. The topological polar surface area (TPSA) is 80.3 Å². The molecule has 2 rings (SSSR count). The maximum absolute atomic E-state index is 8.61. The molecule has 0 saturated carbocycles. The molecular weight excluding hydrogens is 270 g/mol. The molecule has 1 aliphatic rings. The Morgan fingerprint density at radius 2 is 2.19 bits per heavy atom. The number of hydrogen-bond donors (Lipinski definition) is 2. The average molecular weight is 293 g/mol. The number of rotatable bonds is 5. The van der Waals surface area contributed by atoms with Gasteiger partial charge in [-0.1, -0.05) is 5.16 Å². The molecule has 6 heteroatoms. The van der Waals surface area contributed by atoms with E-state index in [0.717, 1.165) is 25.4 Å². The van der Waals surface area contributed by atoms with Gasteiger partial charge >= 0.3 is 0 Å². The molecule has 1 aromatic carbocycles. The maximum Gasteiger partial charge on any atom is 0.170 e. The number of oxime groups is 1. The third kappa shape index (κ3) is 4.34. The standard InChI is InChI=1S/C15H23N3O3/c1-11(2)18-7-8-20-14(9-18)10-21-13-5-3-12(4-6-13)15(16)17-19/h3-6,11,14,19H,7-10H2,1-2H3,(H2,16,17). The van der Waals surface area contributed by atoms with Crippen molar-refractivity contribution in [2.75, 3.05) is 26.3 Å². The fourth-order valence-corrected chi connectivity index (χ4v) is 2.28. The van der Waals surface area contributed by atoms with Crippen molar-refractivity contribution in [2.45, 2.75) is 26.0 Å². The van der Waals surface area contributed by atoms with Gasteiger partial charge in [0.1, 0.15) is 18.5 Å². The van der Waals surface area contributed by atoms with Crippen LogP contribution in [0.25, 0.3) is 0 Å². The van der Waals surface area contributed by atoms with E-state index in [1.54, 1.807) is 24.3 Å². The average Bonchev–Trinajstić information content (AvgIpc) is 2.53. The first-order valence-corrected chi connectivity index (χ1v) is 7.16. The molecule has 3 N–H and O–H groups in total. The van der Waals surface area contributed by atoms with Crippen LogP contribution in [0, 0.1) is 0 Å². The SMILES string of the molecule is CC(C)N1CCOC(COc2ccc(C(N)=NO)cc2)C1. The predicted octanol–water partition coefficient (Wildman–Crippen LogP) is 1.27. The van der Waals surface area contributed by atoms with Crippen LogP contribution in [0.15, 0.2) is 29.4 Å². The van der Waals surface area contributed by atoms with E-state index in [9.17, 15) is 0 Å². The van der Waals surface area contributed by atoms with Gasteiger partial charge in [0.2, 0.25) is 0 Å². The van der Waals surface area contributed by atoms with Crippen LogP contribution in [-0.4, -0.2) is 54.4 Å². The zero-order valence-corrected chi connectivity index (χ0v) is 12.5. The van der Waals surface area contributed by atoms with E-state index in [-0.39, 0.29) is 11.9 Å². The lowest BCUT2D eigenvalue weighted by molar-refractivity contribution is -0.0564. The molecule has 0 aromatic heterocycles. The molecule has 116 valence electrons. The molecule has 0 bridgehead atoms. The van der Waals surface area contributed by atoms with Crippen molar-refractivity contribution in [3.63, 3.8) is 0 Å². The molecule has 6 nitrogen and oxygen atoms in total. The van der Waals surface area contributed by atoms with Crippen molar-refractivity contribution in [3.05, 3.63) is 29.8 Å². The van der Waals surface area contributed by atoms with Gasteiger partial charge in [-0.2, -0.15) is 0 Å². The third-order valence-electron chi connectivity index (χ3n) is 3.59. The predicted molar refractivity (Wildman–Crippen MR) is 80.9 cm³/mol. The second-order valence-corrected chi connectivity index (χ2v) is 5.40. The molecule has 0 amide bonds. The van der Waals surface area contributed by atoms with Crippen LogP contribution in [0.3, 0.4) is 0 Å². The second kappa shape index (κ2) is 7.28. The highest BCUT2D eigenvalue weighted by Gasteiger charge is 2.22. The Morgan fingerprint density at radius 3 is 2.81 bits per heavy atom. The van der Waals surface area contributed by atoms with Crippen LogP contribution < -0.4 is 10.5 Å². The Morgan fingerprint density at radius 1 is 1.48 bits per heavy atom. The van der Waals surface area contributed by atoms with Gasteiger partial charge in [-0.25, -0.2) is 0 Å². The quantitative estimate of drug-likeness (QED) is 0.370. The molecule has 1 aromatic rings. The van der Waals surface area contributed by atoms with Crippen LogP contribution >= 0.6 is 0 Å². The number of amidine groups is 1. The molecule has 1 fully saturated rings. The Bertz CT molecular complexity index is 474. The van der Waals surface area contributed by atoms with Gasteiger partial charge in [0.05, 0.1) is 6.61 Å². The Kier molecular flexibility index (Phi) is 5.41. The van der Waals surface area contributed by atoms with Gasteiger partial charge in [0.25, 0.3) is 0 Å². The van der Waals surface area contributed by atoms with E-state index in [2.05, 4.69) is 23.9 Å². The molecule has 1 saturated heterocycles. The number of benzene rings is 1. The molecule has 1 heterocycles. The van der Waals surface area contributed by atoms with Crippen LogP contribution in [0.4, 0.5) is 0 Å². The first-order valence-electron chi connectivity index (χ1n) is 7.16. The summed E-state index contributed by atoms with van der Waals surface area (Å²) in [7, 11) is 0. The highest BCUT2D eigenvalue weighted by atomic mass is 16.5. The van der Waals surface area contributed by atoms with Crippen molar-refractivity contribution in [1.29, 1.82) is 0 Å². The van der Waals surface area contributed by atoms with Crippen LogP contribution in [0.1, 0.15) is 19.4 Å². The molecular formula is C15H23N3O3. The maximum atomic E-state index is 8.61. The Hall–Kier alpha value is -1.79. The minimum absolute atomic E-state index is 0.0877. The van der Waals surface area contributed by atoms with Gasteiger partial charge < -0.3 is 20.4 Å². The lowest BCUT2D eigenvalue weighted by Crippen LogP contribution is -2.47. The van der Waals surface area contributed by atoms with E-state index in [4.69, 9.17) is 20.4 Å². The first-order chi connectivity index (χ1) is 10.1. The Labute approximate surface area is 125 Å². The van der Waals surface area contributed by atoms with Gasteiger partial charge in [0.15, 0.2) is 5.84 Å². The number of nitrogens with zero attached hydrogens (tertiary/aromatic N) is 2. The van der Waals surface area contributed by atoms with Crippen LogP contribution in [-0.2, 0) is 4.74 Å². The highest BCUT2D eigenvalue weighted by Crippen LogP contribution is 2.14. The van der Waals surface area contributed by atoms with E-state index in [1.165, 1.54) is 0 Å². The van der Waals surface area contributed by atoms with Crippen molar-refractivity contribution in [1.82, 2.24) is 4.90 Å². The van der Waals surface area contributed by atoms with Gasteiger partial charge in [-0.3, -0.25) is 4.90 Å². The van der Waals surface area contributed by atoms with E-state index in [0.29, 0.717) is 18.2 Å². The molecule has 0 aliphatic carbocycles. The van der Waals surface area contributed by atoms with Crippen molar-refractivity contribution < 1.29 is 14.7 Å². The normalized spacial score (nSPS) is 20.7. The number of nitrogens with two attached hydrogens (primary N) is 1. The summed E-state index contributed by atoms with van der Waals surface area (Å²) in [5.41, 5.74) is 6.17. The zero-order valence-electron chi connectivity index (χ0n) is 12.5. The summed E-state index contributed by atoms with van der Waals surface area (Å²) in [6.45, 7) is 7.51. The third-order valence-corrected chi connectivity index (χ3v) is 3.59. The van der Waals surface area contributed by atoms with E-state index >= 15 is 0 Å². The minimum Gasteiger partial charge on any atom is -0.491 e. The molecule has 0 spiro atoms. The Balaban J connectivity index is 1.85. The molecule has 21 heavy (non-hydrogen) atoms. The molecule has 1 unspecified atom stereocenters. The monoisotopic (exact) mass is 293 g/mol. The van der Waals surface area contributed by atoms with Crippen LogP contribution in [0.2, 0.25) is 0 Å². The van der Waals surface area contributed by atoms with Gasteiger partial charge in [-0.05, 0) is 38.1 Å². The smallest absolute Gasteiger partial charge is 0.170 e. The van der Waals surface area contributed by atoms with Crippen molar-refractivity contribution in [2.24, 2.45) is 10.9 Å². The largest absolute Gasteiger partial charge is 0.491 e. The lowest BCUT2D eigenvalue weighted by Gasteiger charge is -2.35. The van der Waals surface area contributed by atoms with Gasteiger partial charge in [0, 0.05) is 24.7 Å². The number of hydrogen-bond acceptors (Lipinski definition) is 5. The summed E-state index contributed by atoms with van der Waals surface area (Å²) in [6.07, 6.45) is 0.0879. The number of morpholine rings is 1. The fraction of sp³-hybridized carbons (Fsp3) is 0.533.